The summed E-state index contributed by atoms with van der Waals surface area (Å²) >= 11 is 0.949. The molecule has 8 N–H and O–H groups in total. The number of thiazole rings is 1. The molecule has 222 valence electrons. The van der Waals surface area contributed by atoms with Crippen LogP contribution in [-0.2, 0) is 47.4 Å². The molecule has 20 nitrogen and oxygen atoms in total. The largest absolute Gasteiger partial charge is 0.478 e. The topological polar surface area (TPSA) is 297 Å². The molecule has 3 amide bonds. The highest BCUT2D eigenvalue weighted by Gasteiger charge is 2.56. The highest BCUT2D eigenvalue weighted by atomic mass is 32.2. The van der Waals surface area contributed by atoms with Gasteiger partial charge in [-0.2, -0.15) is 23.4 Å². The number of carbonyl (C=O) groups is 4. The second kappa shape index (κ2) is 11.6. The maximum absolute atomic E-state index is 13.2. The number of anilines is 1. The van der Waals surface area contributed by atoms with E-state index in [-0.39, 0.29) is 53.4 Å². The minimum atomic E-state index is -5.04. The molecule has 0 unspecified atom stereocenters. The summed E-state index contributed by atoms with van der Waals surface area (Å²) < 4.78 is 38.2. The van der Waals surface area contributed by atoms with Crippen LogP contribution in [0.25, 0.3) is 0 Å². The van der Waals surface area contributed by atoms with Gasteiger partial charge in [0.2, 0.25) is 5.60 Å². The maximum atomic E-state index is 13.2. The number of carbonyl (C=O) groups excluding carboxylic acids is 3. The number of ether oxygens (including phenoxy) is 1. The molecule has 2 fully saturated rings. The van der Waals surface area contributed by atoms with Crippen LogP contribution in [0.15, 0.2) is 16.7 Å². The van der Waals surface area contributed by atoms with Crippen molar-refractivity contribution < 1.29 is 46.8 Å². The summed E-state index contributed by atoms with van der Waals surface area (Å²) in [6.45, 7) is -0.388. The fourth-order valence-corrected chi connectivity index (χ4v) is 5.00. The van der Waals surface area contributed by atoms with E-state index in [0.29, 0.717) is 0 Å². The van der Waals surface area contributed by atoms with Crippen LogP contribution in [0.4, 0.5) is 9.93 Å². The lowest BCUT2D eigenvalue weighted by molar-refractivity contribution is -0.153. The molecule has 1 aliphatic carbocycles. The number of hydrogen-bond acceptors (Lipinski definition) is 15. The smallest absolute Gasteiger partial charge is 0.407 e. The van der Waals surface area contributed by atoms with Gasteiger partial charge in [0.1, 0.15) is 30.1 Å². The molecule has 0 aromatic carbocycles. The third-order valence-electron chi connectivity index (χ3n) is 5.79. The van der Waals surface area contributed by atoms with Crippen molar-refractivity contribution in [3.8, 4) is 0 Å². The molecule has 2 aromatic rings. The van der Waals surface area contributed by atoms with Crippen molar-refractivity contribution >= 4 is 56.4 Å². The summed E-state index contributed by atoms with van der Waals surface area (Å²) in [4.78, 5) is 58.9. The number of aromatic nitrogens is 4. The Hall–Kier alpha value is -4.41. The molecule has 0 radical (unpaired) electrons. The number of nitrogens with zero attached hydrogens (tertiary/aromatic N) is 6. The van der Waals surface area contributed by atoms with E-state index in [2.05, 4.69) is 31.0 Å². The summed E-state index contributed by atoms with van der Waals surface area (Å²) in [7, 11) is -5.04. The van der Waals surface area contributed by atoms with E-state index in [1.807, 2.05) is 0 Å². The number of aliphatic carboxylic acids is 1. The molecule has 0 spiro atoms. The zero-order chi connectivity index (χ0) is 29.9. The van der Waals surface area contributed by atoms with Gasteiger partial charge < -0.3 is 36.8 Å². The normalized spacial score (nSPS) is 19.7. The van der Waals surface area contributed by atoms with Crippen molar-refractivity contribution in [1.82, 2.24) is 34.9 Å². The van der Waals surface area contributed by atoms with Crippen molar-refractivity contribution in [2.75, 3.05) is 18.9 Å². The molecular weight excluding hydrogens is 592 g/mol. The van der Waals surface area contributed by atoms with Gasteiger partial charge in [-0.3, -0.25) is 14.1 Å². The van der Waals surface area contributed by atoms with Crippen LogP contribution in [0.5, 0.6) is 0 Å². The number of hydrogen-bond donors (Lipinski definition) is 6. The molecule has 4 rings (SSSR count). The van der Waals surface area contributed by atoms with Crippen molar-refractivity contribution in [1.29, 1.82) is 0 Å². The number of nitrogen functional groups attached to an aromatic ring is 1. The maximum Gasteiger partial charge on any atom is 0.407 e. The third-order valence-corrected chi connectivity index (χ3v) is 7.41. The second-order valence-electron chi connectivity index (χ2n) is 8.70. The Bertz CT molecular complexity index is 1480. The van der Waals surface area contributed by atoms with Crippen LogP contribution in [-0.4, -0.2) is 103 Å². The number of carboxylic acids is 1. The van der Waals surface area contributed by atoms with Gasteiger partial charge in [-0.05, 0) is 0 Å². The monoisotopic (exact) mass is 616 g/mol. The number of nitrogens with one attached hydrogen (secondary N) is 2. The molecule has 0 bridgehead atoms. The van der Waals surface area contributed by atoms with Gasteiger partial charge in [-0.1, -0.05) is 5.16 Å². The molecule has 22 heteroatoms. The Morgan fingerprint density at radius 1 is 1.32 bits per heavy atom. The molecular formula is C19H24N10O10S2. The summed E-state index contributed by atoms with van der Waals surface area (Å²) in [5.41, 5.74) is 8.91. The van der Waals surface area contributed by atoms with E-state index in [1.54, 1.807) is 0 Å². The first-order chi connectivity index (χ1) is 19.3. The summed E-state index contributed by atoms with van der Waals surface area (Å²) in [6.07, 6.45) is 0.792. The molecule has 41 heavy (non-hydrogen) atoms. The van der Waals surface area contributed by atoms with Crippen LogP contribution >= 0.6 is 11.3 Å². The minimum Gasteiger partial charge on any atom is -0.478 e. The SMILES string of the molecule is NCCOC(=O)NCc1cnn(C[C@@H]2[C@H](NC(=O)C(=NOC3(C(=O)O)CC3)c3csc(N)n3)C(=O)N2S(=O)(=O)O)n1. The van der Waals surface area contributed by atoms with Gasteiger partial charge in [0, 0.05) is 24.8 Å². The van der Waals surface area contributed by atoms with Crippen molar-refractivity contribution in [2.45, 2.75) is 43.6 Å². The Morgan fingerprint density at radius 2 is 2.05 bits per heavy atom. The highest BCUT2D eigenvalue weighted by Crippen LogP contribution is 2.40. The standard InChI is InChI=1S/C19H24N10O10S2/c20-3-4-38-18(34)22-5-9-6-23-28(26-9)7-11-13(15(31)29(11)41(35,36)37)25-14(30)12(10-8-40-17(21)24-10)27-39-19(1-2-19)16(32)33/h6,8,11,13H,1-5,7,20H2,(H2,21,24)(H,22,34)(H,25,30)(H,32,33)(H,35,36,37)/t11-,13+/m1/s1. The average molecular weight is 617 g/mol. The molecule has 1 saturated heterocycles. The Kier molecular flexibility index (Phi) is 8.37. The van der Waals surface area contributed by atoms with E-state index in [1.165, 1.54) is 11.6 Å². The Morgan fingerprint density at radius 3 is 2.63 bits per heavy atom. The average Bonchev–Trinajstić information content (AvgIpc) is 3.37. The number of β-lactam (4-membered cyclic amide) rings is 1. The van der Waals surface area contributed by atoms with E-state index < -0.39 is 64.1 Å². The second-order valence-corrected chi connectivity index (χ2v) is 10.9. The first kappa shape index (κ1) is 29.6. The Labute approximate surface area is 234 Å². The predicted octanol–water partition coefficient (Wildman–Crippen LogP) is -2.96. The van der Waals surface area contributed by atoms with E-state index >= 15 is 0 Å². The summed E-state index contributed by atoms with van der Waals surface area (Å²) in [6, 6.07) is -2.90. The number of rotatable bonds is 13. The van der Waals surface area contributed by atoms with Gasteiger partial charge in [-0.25, -0.2) is 18.9 Å². The van der Waals surface area contributed by atoms with Gasteiger partial charge in [-0.15, -0.1) is 11.3 Å². The molecule has 1 saturated carbocycles. The Balaban J connectivity index is 1.50. The zero-order valence-corrected chi connectivity index (χ0v) is 22.5. The fraction of sp³-hybridized carbons (Fsp3) is 0.474. The fourth-order valence-electron chi connectivity index (χ4n) is 3.58. The number of oxime groups is 1. The first-order valence-corrected chi connectivity index (χ1v) is 13.9. The molecule has 2 atom stereocenters. The third kappa shape index (κ3) is 6.67. The number of nitrogens with two attached hydrogens (primary N) is 2. The van der Waals surface area contributed by atoms with Crippen LogP contribution in [0.1, 0.15) is 24.2 Å². The number of alkyl carbamates (subject to hydrolysis) is 1. The van der Waals surface area contributed by atoms with Crippen LogP contribution < -0.4 is 22.1 Å². The molecule has 3 heterocycles. The van der Waals surface area contributed by atoms with Crippen molar-refractivity contribution in [3.05, 3.63) is 23.0 Å². The van der Waals surface area contributed by atoms with Gasteiger partial charge >= 0.3 is 22.4 Å². The van der Waals surface area contributed by atoms with E-state index in [0.717, 1.165) is 16.1 Å². The lowest BCUT2D eigenvalue weighted by Crippen LogP contribution is -2.73. The molecule has 2 aromatic heterocycles. The number of amides is 3. The first-order valence-electron chi connectivity index (χ1n) is 11.7. The lowest BCUT2D eigenvalue weighted by Gasteiger charge is -2.43. The number of carboxylic acid groups (broad SMARTS) is 1. The summed E-state index contributed by atoms with van der Waals surface area (Å²) in [5.74, 6) is -3.53. The van der Waals surface area contributed by atoms with Crippen LogP contribution in [0, 0.1) is 0 Å². The molecule has 1 aliphatic heterocycles. The zero-order valence-electron chi connectivity index (χ0n) is 20.9. The summed E-state index contributed by atoms with van der Waals surface area (Å²) in [5, 5.41) is 27.1. The van der Waals surface area contributed by atoms with Gasteiger partial charge in [0.25, 0.3) is 11.8 Å². The van der Waals surface area contributed by atoms with Crippen LogP contribution in [0.2, 0.25) is 0 Å². The molecule has 2 aliphatic rings. The quantitative estimate of drug-likeness (QED) is 0.0567. The minimum absolute atomic E-state index is 0.00163. The van der Waals surface area contributed by atoms with Crippen LogP contribution in [0.3, 0.4) is 0 Å². The van der Waals surface area contributed by atoms with Crippen molar-refractivity contribution in [3.63, 3.8) is 0 Å². The highest BCUT2D eigenvalue weighted by molar-refractivity contribution is 7.84. The van der Waals surface area contributed by atoms with Crippen molar-refractivity contribution in [2.24, 2.45) is 10.9 Å². The van der Waals surface area contributed by atoms with Gasteiger partial charge in [0.05, 0.1) is 19.3 Å². The van der Waals surface area contributed by atoms with Gasteiger partial charge in [0.15, 0.2) is 10.8 Å². The van der Waals surface area contributed by atoms with E-state index in [9.17, 15) is 37.3 Å². The predicted molar refractivity (Wildman–Crippen MR) is 135 cm³/mol. The van der Waals surface area contributed by atoms with E-state index in [4.69, 9.17) is 21.0 Å². The lowest BCUT2D eigenvalue weighted by atomic mass is 9.98.